The molecule has 0 saturated heterocycles. The third-order valence-electron chi connectivity index (χ3n) is 3.79. The van der Waals surface area contributed by atoms with Gasteiger partial charge in [0.05, 0.1) is 0 Å². The number of hydrogen-bond donors (Lipinski definition) is 1. The Morgan fingerprint density at radius 2 is 2.00 bits per heavy atom. The molecule has 0 saturated carbocycles. The molecule has 1 atom stereocenters. The Bertz CT molecular complexity index is 782. The van der Waals surface area contributed by atoms with Gasteiger partial charge < -0.3 is 10.1 Å². The molecule has 1 heterocycles. The number of nitrogens with one attached hydrogen (secondary N) is 1. The maximum absolute atomic E-state index is 13.1. The van der Waals surface area contributed by atoms with E-state index in [-0.39, 0.29) is 5.69 Å². The molecule has 126 valence electrons. The predicted molar refractivity (Wildman–Crippen MR) is 86.2 cm³/mol. The average Bonchev–Trinajstić information content (AvgIpc) is 3.12. The lowest BCUT2D eigenvalue weighted by molar-refractivity contribution is -0.123. The first kappa shape index (κ1) is 16.6. The van der Waals surface area contributed by atoms with Crippen LogP contribution in [0.3, 0.4) is 0 Å². The molecule has 0 unspecified atom stereocenters. The van der Waals surface area contributed by atoms with Crippen LogP contribution >= 0.6 is 11.3 Å². The van der Waals surface area contributed by atoms with Gasteiger partial charge in [0.15, 0.2) is 17.7 Å². The van der Waals surface area contributed by atoms with Gasteiger partial charge in [-0.05, 0) is 49.9 Å². The summed E-state index contributed by atoms with van der Waals surface area (Å²) >= 11 is 1.39. The van der Waals surface area contributed by atoms with E-state index in [4.69, 9.17) is 4.74 Å². The van der Waals surface area contributed by atoms with Crippen LogP contribution in [-0.2, 0) is 22.4 Å². The Morgan fingerprint density at radius 3 is 2.71 bits per heavy atom. The number of ether oxygens (including phenoxy) is 1. The molecule has 1 N–H and O–H groups in total. The highest BCUT2D eigenvalue weighted by Gasteiger charge is 2.23. The molecule has 0 spiro atoms. The maximum Gasteiger partial charge on any atom is 0.349 e. The zero-order valence-corrected chi connectivity index (χ0v) is 13.7. The van der Waals surface area contributed by atoms with Crippen molar-refractivity contribution in [3.63, 3.8) is 0 Å². The van der Waals surface area contributed by atoms with Crippen molar-refractivity contribution in [1.82, 2.24) is 0 Å². The molecule has 2 aromatic rings. The molecule has 0 fully saturated rings. The van der Waals surface area contributed by atoms with Crippen molar-refractivity contribution in [2.24, 2.45) is 0 Å². The number of halogens is 2. The van der Waals surface area contributed by atoms with Crippen LogP contribution in [-0.4, -0.2) is 18.0 Å². The molecule has 0 bridgehead atoms. The molecule has 24 heavy (non-hydrogen) atoms. The average molecular weight is 351 g/mol. The Hall–Kier alpha value is -2.28. The summed E-state index contributed by atoms with van der Waals surface area (Å²) in [6, 6.07) is 4.82. The lowest BCUT2D eigenvalue weighted by atomic mass is 10.2. The molecular formula is C17H15F2NO3S. The number of fused-ring (bicyclic) bond motifs is 1. The summed E-state index contributed by atoms with van der Waals surface area (Å²) in [5, 5.41) is 2.39. The maximum atomic E-state index is 13.1. The van der Waals surface area contributed by atoms with Gasteiger partial charge in [0.2, 0.25) is 0 Å². The van der Waals surface area contributed by atoms with E-state index in [1.165, 1.54) is 34.8 Å². The molecule has 1 aromatic heterocycles. The molecule has 4 nitrogen and oxygen atoms in total. The van der Waals surface area contributed by atoms with E-state index in [0.29, 0.717) is 4.88 Å². The van der Waals surface area contributed by atoms with E-state index in [9.17, 15) is 18.4 Å². The van der Waals surface area contributed by atoms with Gasteiger partial charge in [-0.3, -0.25) is 4.79 Å². The zero-order chi connectivity index (χ0) is 17.3. The monoisotopic (exact) mass is 351 g/mol. The fourth-order valence-electron chi connectivity index (χ4n) is 2.52. The highest BCUT2D eigenvalue weighted by atomic mass is 32.1. The normalized spacial score (nSPS) is 14.1. The molecule has 1 aliphatic rings. The number of carbonyl (C=O) groups excluding carboxylic acids is 2. The minimum atomic E-state index is -1.06. The number of rotatable bonds is 4. The van der Waals surface area contributed by atoms with Gasteiger partial charge >= 0.3 is 5.97 Å². The summed E-state index contributed by atoms with van der Waals surface area (Å²) in [4.78, 5) is 25.8. The number of carbonyl (C=O) groups is 2. The van der Waals surface area contributed by atoms with Gasteiger partial charge in [0.25, 0.3) is 5.91 Å². The predicted octanol–water partition coefficient (Wildman–Crippen LogP) is 3.70. The van der Waals surface area contributed by atoms with Crippen molar-refractivity contribution < 1.29 is 23.1 Å². The summed E-state index contributed by atoms with van der Waals surface area (Å²) in [5.41, 5.74) is 1.27. The van der Waals surface area contributed by atoms with Gasteiger partial charge in [0.1, 0.15) is 4.88 Å². The van der Waals surface area contributed by atoms with E-state index in [1.807, 2.05) is 6.07 Å². The van der Waals surface area contributed by atoms with Crippen LogP contribution in [0.4, 0.5) is 14.5 Å². The van der Waals surface area contributed by atoms with Crippen molar-refractivity contribution in [3.05, 3.63) is 51.2 Å². The first-order valence-electron chi connectivity index (χ1n) is 7.52. The number of thiophene rings is 1. The highest BCUT2D eigenvalue weighted by Crippen LogP contribution is 2.31. The molecule has 0 radical (unpaired) electrons. The number of amides is 1. The second kappa shape index (κ2) is 6.68. The van der Waals surface area contributed by atoms with Crippen LogP contribution in [0.5, 0.6) is 0 Å². The topological polar surface area (TPSA) is 55.4 Å². The first-order valence-corrected chi connectivity index (χ1v) is 8.34. The van der Waals surface area contributed by atoms with Gasteiger partial charge in [-0.1, -0.05) is 0 Å². The SMILES string of the molecule is C[C@@H](OC(=O)c1cc2c(s1)CCC2)C(=O)Nc1ccc(F)c(F)c1. The number of anilines is 1. The summed E-state index contributed by atoms with van der Waals surface area (Å²) in [6.07, 6.45) is 1.98. The van der Waals surface area contributed by atoms with Gasteiger partial charge in [-0.2, -0.15) is 0 Å². The molecule has 7 heteroatoms. The minimum Gasteiger partial charge on any atom is -0.448 e. The van der Waals surface area contributed by atoms with Crippen LogP contribution in [0.25, 0.3) is 0 Å². The van der Waals surface area contributed by atoms with Crippen LogP contribution < -0.4 is 5.32 Å². The molecule has 3 rings (SSSR count). The van der Waals surface area contributed by atoms with E-state index in [1.54, 1.807) is 0 Å². The lowest BCUT2D eigenvalue weighted by Crippen LogP contribution is -2.29. The Balaban J connectivity index is 1.60. The fraction of sp³-hybridized carbons (Fsp3) is 0.294. The smallest absolute Gasteiger partial charge is 0.349 e. The van der Waals surface area contributed by atoms with E-state index < -0.39 is 29.6 Å². The van der Waals surface area contributed by atoms with Crippen LogP contribution in [0, 0.1) is 11.6 Å². The lowest BCUT2D eigenvalue weighted by Gasteiger charge is -2.13. The van der Waals surface area contributed by atoms with Crippen molar-refractivity contribution in [1.29, 1.82) is 0 Å². The van der Waals surface area contributed by atoms with Gasteiger partial charge in [-0.25, -0.2) is 13.6 Å². The molecular weight excluding hydrogens is 336 g/mol. The third-order valence-corrected chi connectivity index (χ3v) is 5.01. The summed E-state index contributed by atoms with van der Waals surface area (Å²) in [7, 11) is 0. The Kier molecular flexibility index (Phi) is 4.62. The van der Waals surface area contributed by atoms with Crippen LogP contribution in [0.15, 0.2) is 24.3 Å². The zero-order valence-electron chi connectivity index (χ0n) is 12.9. The summed E-state index contributed by atoms with van der Waals surface area (Å²) in [5.74, 6) is -3.23. The van der Waals surface area contributed by atoms with E-state index >= 15 is 0 Å². The van der Waals surface area contributed by atoms with Crippen LogP contribution in [0.2, 0.25) is 0 Å². The third kappa shape index (κ3) is 3.46. The molecule has 0 aliphatic heterocycles. The quantitative estimate of drug-likeness (QED) is 0.855. The number of esters is 1. The number of aryl methyl sites for hydroxylation is 2. The van der Waals surface area contributed by atoms with Gasteiger partial charge in [0, 0.05) is 16.6 Å². The largest absolute Gasteiger partial charge is 0.448 e. The fourth-order valence-corrected chi connectivity index (χ4v) is 3.66. The molecule has 1 aliphatic carbocycles. The number of hydrogen-bond acceptors (Lipinski definition) is 4. The highest BCUT2D eigenvalue weighted by molar-refractivity contribution is 7.14. The Morgan fingerprint density at radius 1 is 1.21 bits per heavy atom. The second-order valence-corrected chi connectivity index (χ2v) is 6.72. The van der Waals surface area contributed by atoms with Crippen molar-refractivity contribution in [3.8, 4) is 0 Å². The second-order valence-electron chi connectivity index (χ2n) is 5.58. The summed E-state index contributed by atoms with van der Waals surface area (Å²) in [6.45, 7) is 1.43. The van der Waals surface area contributed by atoms with Crippen molar-refractivity contribution in [2.75, 3.05) is 5.32 Å². The van der Waals surface area contributed by atoms with Crippen molar-refractivity contribution in [2.45, 2.75) is 32.3 Å². The standard InChI is InChI=1S/C17H15F2NO3S/c1-9(16(21)20-11-5-6-12(18)13(19)8-11)23-17(22)15-7-10-3-2-4-14(10)24-15/h5-9H,2-4H2,1H3,(H,20,21)/t9-/m1/s1. The number of benzene rings is 1. The van der Waals surface area contributed by atoms with Gasteiger partial charge in [-0.15, -0.1) is 11.3 Å². The van der Waals surface area contributed by atoms with Crippen LogP contribution in [0.1, 0.15) is 33.5 Å². The minimum absolute atomic E-state index is 0.0944. The van der Waals surface area contributed by atoms with E-state index in [2.05, 4.69) is 5.32 Å². The first-order chi connectivity index (χ1) is 11.4. The molecule has 1 amide bonds. The summed E-state index contributed by atoms with van der Waals surface area (Å²) < 4.78 is 31.2. The van der Waals surface area contributed by atoms with E-state index in [0.717, 1.165) is 31.4 Å². The Labute approximate surface area is 141 Å². The molecule has 1 aromatic carbocycles. The van der Waals surface area contributed by atoms with Crippen molar-refractivity contribution >= 4 is 28.9 Å².